The molecule has 0 unspecified atom stereocenters. The number of nitrogens with zero attached hydrogens (tertiary/aromatic N) is 4. The number of aromatic nitrogens is 3. The molecule has 6 heteroatoms. The first-order valence-corrected chi connectivity index (χ1v) is 8.97. The van der Waals surface area contributed by atoms with Gasteiger partial charge in [0.15, 0.2) is 5.82 Å². The maximum Gasteiger partial charge on any atom is 0.227 e. The summed E-state index contributed by atoms with van der Waals surface area (Å²) in [4.78, 5) is 4.36. The first kappa shape index (κ1) is 16.4. The van der Waals surface area contributed by atoms with E-state index in [1.165, 1.54) is 0 Å². The number of nitrogens with two attached hydrogens (primary N) is 1. The molecule has 2 heterocycles. The van der Waals surface area contributed by atoms with E-state index in [-0.39, 0.29) is 12.0 Å². The summed E-state index contributed by atoms with van der Waals surface area (Å²) >= 11 is 0. The second-order valence-electron chi connectivity index (χ2n) is 6.70. The Morgan fingerprint density at radius 3 is 2.81 bits per heavy atom. The van der Waals surface area contributed by atoms with Crippen molar-refractivity contribution in [2.45, 2.75) is 38.3 Å². The van der Waals surface area contributed by atoms with E-state index in [0.717, 1.165) is 42.1 Å². The summed E-state index contributed by atoms with van der Waals surface area (Å²) < 4.78 is 7.84. The number of hydrogen-bond acceptors (Lipinski definition) is 5. The molecule has 2 aromatic heterocycles. The van der Waals surface area contributed by atoms with Crippen molar-refractivity contribution in [1.82, 2.24) is 14.8 Å². The lowest BCUT2D eigenvalue weighted by molar-refractivity contribution is 0.277. The molecule has 4 rings (SSSR count). The highest BCUT2D eigenvalue weighted by Crippen LogP contribution is 2.38. The highest BCUT2D eigenvalue weighted by atomic mass is 16.5. The fourth-order valence-corrected chi connectivity index (χ4v) is 3.73. The predicted molar refractivity (Wildman–Crippen MR) is 99.3 cm³/mol. The van der Waals surface area contributed by atoms with Gasteiger partial charge >= 0.3 is 0 Å². The average molecular weight is 347 g/mol. The van der Waals surface area contributed by atoms with E-state index in [1.807, 2.05) is 41.1 Å². The van der Waals surface area contributed by atoms with E-state index < -0.39 is 0 Å². The van der Waals surface area contributed by atoms with Gasteiger partial charge < -0.3 is 10.5 Å². The zero-order valence-corrected chi connectivity index (χ0v) is 14.5. The number of anilines is 1. The average Bonchev–Trinajstić information content (AvgIpc) is 3.04. The van der Waals surface area contributed by atoms with Crippen molar-refractivity contribution in [3.8, 4) is 11.9 Å². The van der Waals surface area contributed by atoms with E-state index in [4.69, 9.17) is 10.5 Å². The second kappa shape index (κ2) is 7.04. The Hall–Kier alpha value is -3.07. The molecule has 132 valence electrons. The lowest BCUT2D eigenvalue weighted by atomic mass is 9.85. The monoisotopic (exact) mass is 347 g/mol. The zero-order valence-electron chi connectivity index (χ0n) is 14.5. The number of nitriles is 1. The molecule has 1 saturated carbocycles. The molecule has 1 aromatic carbocycles. The van der Waals surface area contributed by atoms with Crippen molar-refractivity contribution in [2.75, 3.05) is 5.73 Å². The van der Waals surface area contributed by atoms with Crippen LogP contribution < -0.4 is 10.5 Å². The van der Waals surface area contributed by atoms with Crippen LogP contribution in [0.2, 0.25) is 0 Å². The molecule has 2 atom stereocenters. The van der Waals surface area contributed by atoms with Gasteiger partial charge in [-0.15, -0.1) is 0 Å². The van der Waals surface area contributed by atoms with Crippen molar-refractivity contribution in [2.24, 2.45) is 5.92 Å². The molecule has 1 fully saturated rings. The van der Waals surface area contributed by atoms with Crippen LogP contribution >= 0.6 is 0 Å². The fourth-order valence-electron chi connectivity index (χ4n) is 3.73. The molecule has 0 saturated heterocycles. The van der Waals surface area contributed by atoms with Gasteiger partial charge in [-0.3, -0.25) is 4.68 Å². The highest BCUT2D eigenvalue weighted by Gasteiger charge is 2.29. The van der Waals surface area contributed by atoms with Crippen molar-refractivity contribution in [3.05, 3.63) is 48.2 Å². The van der Waals surface area contributed by atoms with Gasteiger partial charge in [-0.2, -0.15) is 10.4 Å². The van der Waals surface area contributed by atoms with Gasteiger partial charge in [0.25, 0.3) is 0 Å². The molecule has 0 radical (unpaired) electrons. The van der Waals surface area contributed by atoms with Crippen LogP contribution in [0, 0.1) is 17.2 Å². The van der Waals surface area contributed by atoms with Crippen molar-refractivity contribution in [3.63, 3.8) is 0 Å². The van der Waals surface area contributed by atoms with Crippen LogP contribution in [0.15, 0.2) is 42.6 Å². The predicted octanol–water partition coefficient (Wildman–Crippen LogP) is 3.85. The van der Waals surface area contributed by atoms with Crippen molar-refractivity contribution >= 4 is 16.7 Å². The van der Waals surface area contributed by atoms with Gasteiger partial charge in [-0.05, 0) is 24.5 Å². The van der Waals surface area contributed by atoms with Crippen LogP contribution in [0.1, 0.15) is 37.3 Å². The van der Waals surface area contributed by atoms with Crippen LogP contribution in [0.3, 0.4) is 0 Å². The summed E-state index contributed by atoms with van der Waals surface area (Å²) in [6.45, 7) is 0.418. The second-order valence-corrected chi connectivity index (χ2v) is 6.70. The first-order chi connectivity index (χ1) is 12.8. The maximum atomic E-state index is 9.51. The summed E-state index contributed by atoms with van der Waals surface area (Å²) in [5.41, 5.74) is 8.15. The van der Waals surface area contributed by atoms with Crippen LogP contribution in [-0.2, 0) is 6.61 Å². The normalized spacial score (nSPS) is 20.0. The smallest absolute Gasteiger partial charge is 0.227 e. The number of nitrogen functional groups attached to an aromatic ring is 1. The number of rotatable bonds is 4. The third-order valence-electron chi connectivity index (χ3n) is 5.04. The van der Waals surface area contributed by atoms with Crippen molar-refractivity contribution < 1.29 is 4.74 Å². The number of benzene rings is 1. The van der Waals surface area contributed by atoms with Crippen LogP contribution in [0.4, 0.5) is 5.82 Å². The Kier molecular flexibility index (Phi) is 4.44. The van der Waals surface area contributed by atoms with E-state index >= 15 is 0 Å². The number of hydrogen-bond donors (Lipinski definition) is 1. The highest BCUT2D eigenvalue weighted by molar-refractivity contribution is 5.93. The molecule has 26 heavy (non-hydrogen) atoms. The molecule has 0 aliphatic heterocycles. The first-order valence-electron chi connectivity index (χ1n) is 8.97. The number of fused-ring (bicyclic) bond motifs is 1. The minimum Gasteiger partial charge on any atom is -0.472 e. The molecule has 1 aliphatic rings. The van der Waals surface area contributed by atoms with Crippen LogP contribution in [-0.4, -0.2) is 14.8 Å². The molecule has 0 amide bonds. The van der Waals surface area contributed by atoms with Crippen molar-refractivity contribution in [1.29, 1.82) is 5.26 Å². The third kappa shape index (κ3) is 2.97. The lowest BCUT2D eigenvalue weighted by Gasteiger charge is -2.27. The van der Waals surface area contributed by atoms with Gasteiger partial charge in [-0.25, -0.2) is 4.98 Å². The lowest BCUT2D eigenvalue weighted by Crippen LogP contribution is -2.23. The number of ether oxygens (including phenoxy) is 1. The Bertz CT molecular complexity index is 944. The number of pyridine rings is 1. The summed E-state index contributed by atoms with van der Waals surface area (Å²) in [5, 5.41) is 14.8. The summed E-state index contributed by atoms with van der Waals surface area (Å²) in [5.74, 6) is 0.853. The Morgan fingerprint density at radius 1 is 1.19 bits per heavy atom. The summed E-state index contributed by atoms with van der Waals surface area (Å²) in [6, 6.07) is 14.3. The standard InChI is InChI=1S/C20H21N5O/c21-12-15-8-4-5-9-16(15)25-17-10-11-23-20(18(17)19(22)24-25)26-13-14-6-2-1-3-7-14/h1-3,6-7,10-11,15-16H,4-5,8-9,13H2,(H2,22,24)/t15-,16+/m0/s1. The maximum absolute atomic E-state index is 9.51. The van der Waals surface area contributed by atoms with E-state index in [2.05, 4.69) is 16.2 Å². The van der Waals surface area contributed by atoms with E-state index in [0.29, 0.717) is 18.3 Å². The van der Waals surface area contributed by atoms with E-state index in [1.54, 1.807) is 6.20 Å². The Morgan fingerprint density at radius 2 is 2.00 bits per heavy atom. The molecule has 1 aliphatic carbocycles. The van der Waals surface area contributed by atoms with Gasteiger partial charge in [0.2, 0.25) is 5.88 Å². The molecule has 6 nitrogen and oxygen atoms in total. The van der Waals surface area contributed by atoms with Gasteiger partial charge in [-0.1, -0.05) is 43.2 Å². The summed E-state index contributed by atoms with van der Waals surface area (Å²) in [6.07, 6.45) is 5.76. The SMILES string of the molecule is N#C[C@@H]1CCCC[C@H]1n1nc(N)c2c(OCc3ccccc3)nccc21. The topological polar surface area (TPSA) is 89.8 Å². The molecular formula is C20H21N5O. The Labute approximate surface area is 152 Å². The molecular weight excluding hydrogens is 326 g/mol. The molecule has 2 N–H and O–H groups in total. The van der Waals surface area contributed by atoms with Crippen LogP contribution in [0.5, 0.6) is 5.88 Å². The molecule has 0 spiro atoms. The largest absolute Gasteiger partial charge is 0.472 e. The Balaban J connectivity index is 1.69. The van der Waals surface area contributed by atoms with E-state index in [9.17, 15) is 5.26 Å². The minimum absolute atomic E-state index is 0.0342. The molecule has 3 aromatic rings. The van der Waals surface area contributed by atoms with Gasteiger partial charge in [0.1, 0.15) is 12.0 Å². The molecule has 0 bridgehead atoms. The summed E-state index contributed by atoms with van der Waals surface area (Å²) in [7, 11) is 0. The zero-order chi connectivity index (χ0) is 17.9. The minimum atomic E-state index is -0.0342. The quantitative estimate of drug-likeness (QED) is 0.774. The van der Waals surface area contributed by atoms with Gasteiger partial charge in [0, 0.05) is 6.20 Å². The fraction of sp³-hybridized carbons (Fsp3) is 0.350. The van der Waals surface area contributed by atoms with Crippen LogP contribution in [0.25, 0.3) is 10.9 Å². The van der Waals surface area contributed by atoms with Gasteiger partial charge in [0.05, 0.1) is 23.5 Å². The third-order valence-corrected chi connectivity index (χ3v) is 5.04.